The molecule has 0 fully saturated rings. The summed E-state index contributed by atoms with van der Waals surface area (Å²) in [6, 6.07) is 3.74. The molecule has 4 heteroatoms. The third-order valence-corrected chi connectivity index (χ3v) is 2.66. The first-order valence-electron chi connectivity index (χ1n) is 6.63. The fourth-order valence-electron chi connectivity index (χ4n) is 1.75. The molecule has 1 aromatic rings. The lowest BCUT2D eigenvalue weighted by atomic mass is 10.0. The van der Waals surface area contributed by atoms with Crippen molar-refractivity contribution in [3.05, 3.63) is 18.3 Å². The van der Waals surface area contributed by atoms with E-state index in [1.807, 2.05) is 19.1 Å². The molecule has 102 valence electrons. The van der Waals surface area contributed by atoms with E-state index >= 15 is 0 Å². The topological polar surface area (TPSA) is 54.4 Å². The molecule has 0 bridgehead atoms. The zero-order valence-electron chi connectivity index (χ0n) is 11.6. The van der Waals surface area contributed by atoms with E-state index in [1.54, 1.807) is 6.20 Å². The van der Waals surface area contributed by atoms with Gasteiger partial charge in [0.05, 0.1) is 12.2 Å². The summed E-state index contributed by atoms with van der Waals surface area (Å²) in [4.78, 5) is 4.25. The predicted molar refractivity (Wildman–Crippen MR) is 74.0 cm³/mol. The van der Waals surface area contributed by atoms with Crippen LogP contribution in [0.15, 0.2) is 18.3 Å². The zero-order valence-corrected chi connectivity index (χ0v) is 11.6. The van der Waals surface area contributed by atoms with Crippen LogP contribution in [-0.2, 0) is 0 Å². The van der Waals surface area contributed by atoms with Crippen LogP contribution in [0.2, 0.25) is 0 Å². The molecule has 0 aliphatic carbocycles. The van der Waals surface area contributed by atoms with Gasteiger partial charge in [-0.15, -0.1) is 0 Å². The van der Waals surface area contributed by atoms with Crippen LogP contribution in [0.3, 0.4) is 0 Å². The standard InChI is InChI=1S/C14H24N2O2/c1-4-8-14(3,17)11-16-13-12(18-10-5-2)7-6-9-15-13/h6-7,9,17H,4-5,8,10-11H2,1-3H3,(H,15,16). The Morgan fingerprint density at radius 2 is 2.17 bits per heavy atom. The van der Waals surface area contributed by atoms with E-state index in [2.05, 4.69) is 24.1 Å². The zero-order chi connectivity index (χ0) is 13.4. The minimum atomic E-state index is -0.714. The van der Waals surface area contributed by atoms with E-state index in [4.69, 9.17) is 4.74 Å². The van der Waals surface area contributed by atoms with Crippen LogP contribution in [0.25, 0.3) is 0 Å². The second kappa shape index (κ2) is 7.21. The summed E-state index contributed by atoms with van der Waals surface area (Å²) < 4.78 is 5.60. The Kier molecular flexibility index (Phi) is 5.92. The Hall–Kier alpha value is -1.29. The van der Waals surface area contributed by atoms with Crippen LogP contribution >= 0.6 is 0 Å². The van der Waals surface area contributed by atoms with Gasteiger partial charge in [-0.3, -0.25) is 0 Å². The van der Waals surface area contributed by atoms with Gasteiger partial charge in [0.1, 0.15) is 0 Å². The number of nitrogens with one attached hydrogen (secondary N) is 1. The first-order chi connectivity index (χ1) is 8.59. The largest absolute Gasteiger partial charge is 0.490 e. The number of hydrogen-bond acceptors (Lipinski definition) is 4. The van der Waals surface area contributed by atoms with Gasteiger partial charge in [-0.25, -0.2) is 4.98 Å². The van der Waals surface area contributed by atoms with Crippen molar-refractivity contribution in [2.24, 2.45) is 0 Å². The molecular formula is C14H24N2O2. The number of aliphatic hydroxyl groups is 1. The molecule has 1 unspecified atom stereocenters. The molecule has 0 aliphatic heterocycles. The Bertz CT molecular complexity index is 353. The molecule has 0 saturated carbocycles. The number of nitrogens with zero attached hydrogens (tertiary/aromatic N) is 1. The molecule has 0 saturated heterocycles. The van der Waals surface area contributed by atoms with Gasteiger partial charge in [0, 0.05) is 12.7 Å². The normalized spacial score (nSPS) is 14.0. The first kappa shape index (κ1) is 14.8. The lowest BCUT2D eigenvalue weighted by Gasteiger charge is -2.23. The molecule has 0 radical (unpaired) electrons. The van der Waals surface area contributed by atoms with Gasteiger partial charge in [0.2, 0.25) is 0 Å². The highest BCUT2D eigenvalue weighted by Crippen LogP contribution is 2.22. The maximum atomic E-state index is 10.1. The number of anilines is 1. The van der Waals surface area contributed by atoms with E-state index < -0.39 is 5.60 Å². The van der Waals surface area contributed by atoms with Crippen molar-refractivity contribution < 1.29 is 9.84 Å². The molecule has 0 amide bonds. The summed E-state index contributed by atoms with van der Waals surface area (Å²) in [6.45, 7) is 7.10. The minimum absolute atomic E-state index is 0.473. The van der Waals surface area contributed by atoms with E-state index in [9.17, 15) is 5.11 Å². The van der Waals surface area contributed by atoms with Crippen LogP contribution in [-0.4, -0.2) is 28.8 Å². The highest BCUT2D eigenvalue weighted by molar-refractivity contribution is 5.49. The predicted octanol–water partition coefficient (Wildman–Crippen LogP) is 2.83. The molecule has 1 rings (SSSR count). The summed E-state index contributed by atoms with van der Waals surface area (Å²) >= 11 is 0. The molecule has 0 spiro atoms. The van der Waals surface area contributed by atoms with E-state index in [-0.39, 0.29) is 0 Å². The Labute approximate surface area is 109 Å². The maximum absolute atomic E-state index is 10.1. The maximum Gasteiger partial charge on any atom is 0.168 e. The van der Waals surface area contributed by atoms with Gasteiger partial charge < -0.3 is 15.2 Å². The van der Waals surface area contributed by atoms with Crippen LogP contribution in [0.5, 0.6) is 5.75 Å². The molecule has 4 nitrogen and oxygen atoms in total. The van der Waals surface area contributed by atoms with Gasteiger partial charge in [0.15, 0.2) is 11.6 Å². The molecule has 1 atom stereocenters. The average Bonchev–Trinajstić information content (AvgIpc) is 2.35. The molecule has 1 aromatic heterocycles. The minimum Gasteiger partial charge on any atom is -0.490 e. The number of ether oxygens (including phenoxy) is 1. The number of rotatable bonds is 8. The SMILES string of the molecule is CCCOc1cccnc1NCC(C)(O)CCC. The van der Waals surface area contributed by atoms with E-state index in [0.29, 0.717) is 19.0 Å². The lowest BCUT2D eigenvalue weighted by Crippen LogP contribution is -2.33. The first-order valence-corrected chi connectivity index (χ1v) is 6.63. The summed E-state index contributed by atoms with van der Waals surface area (Å²) in [5.41, 5.74) is -0.714. The molecule has 18 heavy (non-hydrogen) atoms. The second-order valence-corrected chi connectivity index (χ2v) is 4.80. The number of pyridine rings is 1. The van der Waals surface area contributed by atoms with Crippen molar-refractivity contribution >= 4 is 5.82 Å². The summed E-state index contributed by atoms with van der Waals surface area (Å²) in [5, 5.41) is 13.3. The summed E-state index contributed by atoms with van der Waals surface area (Å²) in [5.74, 6) is 1.44. The summed E-state index contributed by atoms with van der Waals surface area (Å²) in [6.07, 6.45) is 4.39. The second-order valence-electron chi connectivity index (χ2n) is 4.80. The highest BCUT2D eigenvalue weighted by Gasteiger charge is 2.19. The van der Waals surface area contributed by atoms with Crippen molar-refractivity contribution in [1.82, 2.24) is 4.98 Å². The molecule has 0 aromatic carbocycles. The van der Waals surface area contributed by atoms with E-state index in [1.165, 1.54) is 0 Å². The monoisotopic (exact) mass is 252 g/mol. The third-order valence-electron chi connectivity index (χ3n) is 2.66. The van der Waals surface area contributed by atoms with Crippen LogP contribution in [0.4, 0.5) is 5.82 Å². The Morgan fingerprint density at radius 1 is 1.39 bits per heavy atom. The number of aromatic nitrogens is 1. The van der Waals surface area contributed by atoms with Crippen LogP contribution in [0.1, 0.15) is 40.0 Å². The smallest absolute Gasteiger partial charge is 0.168 e. The fraction of sp³-hybridized carbons (Fsp3) is 0.643. The van der Waals surface area contributed by atoms with Crippen molar-refractivity contribution in [2.75, 3.05) is 18.5 Å². The molecule has 2 N–H and O–H groups in total. The Balaban J connectivity index is 2.60. The van der Waals surface area contributed by atoms with Gasteiger partial charge >= 0.3 is 0 Å². The van der Waals surface area contributed by atoms with Crippen LogP contribution in [0, 0.1) is 0 Å². The van der Waals surface area contributed by atoms with Crippen molar-refractivity contribution in [3.63, 3.8) is 0 Å². The Morgan fingerprint density at radius 3 is 2.83 bits per heavy atom. The van der Waals surface area contributed by atoms with Gasteiger partial charge in [0.25, 0.3) is 0 Å². The molecule has 0 aliphatic rings. The van der Waals surface area contributed by atoms with Crippen molar-refractivity contribution in [2.45, 2.75) is 45.6 Å². The number of hydrogen-bond donors (Lipinski definition) is 2. The van der Waals surface area contributed by atoms with Crippen LogP contribution < -0.4 is 10.1 Å². The molecular weight excluding hydrogens is 228 g/mol. The van der Waals surface area contributed by atoms with Gasteiger partial charge in [-0.2, -0.15) is 0 Å². The van der Waals surface area contributed by atoms with Crippen molar-refractivity contribution in [3.8, 4) is 5.75 Å². The molecule has 1 heterocycles. The average molecular weight is 252 g/mol. The van der Waals surface area contributed by atoms with Crippen molar-refractivity contribution in [1.29, 1.82) is 0 Å². The third kappa shape index (κ3) is 4.92. The quantitative estimate of drug-likeness (QED) is 0.747. The summed E-state index contributed by atoms with van der Waals surface area (Å²) in [7, 11) is 0. The lowest BCUT2D eigenvalue weighted by molar-refractivity contribution is 0.0635. The van der Waals surface area contributed by atoms with E-state index in [0.717, 1.165) is 25.0 Å². The van der Waals surface area contributed by atoms with Gasteiger partial charge in [-0.05, 0) is 31.9 Å². The van der Waals surface area contributed by atoms with Gasteiger partial charge in [-0.1, -0.05) is 20.3 Å². The fourth-order valence-corrected chi connectivity index (χ4v) is 1.75. The highest BCUT2D eigenvalue weighted by atomic mass is 16.5.